The van der Waals surface area contributed by atoms with Crippen molar-refractivity contribution in [1.29, 1.82) is 0 Å². The van der Waals surface area contributed by atoms with Crippen LogP contribution >= 0.6 is 11.6 Å². The first-order chi connectivity index (χ1) is 14.3. The van der Waals surface area contributed by atoms with Gasteiger partial charge in [0, 0.05) is 10.4 Å². The van der Waals surface area contributed by atoms with Crippen LogP contribution < -0.4 is 0 Å². The third-order valence-corrected chi connectivity index (χ3v) is 7.02. The van der Waals surface area contributed by atoms with Crippen LogP contribution in [0.4, 0.5) is 0 Å². The van der Waals surface area contributed by atoms with Gasteiger partial charge in [-0.05, 0) is 59.1 Å². The predicted molar refractivity (Wildman–Crippen MR) is 124 cm³/mol. The summed E-state index contributed by atoms with van der Waals surface area (Å²) >= 11 is 6.44. The van der Waals surface area contributed by atoms with Gasteiger partial charge >= 0.3 is 5.97 Å². The Morgan fingerprint density at radius 3 is 2.57 bits per heavy atom. The van der Waals surface area contributed by atoms with Gasteiger partial charge in [0.1, 0.15) is 0 Å². The van der Waals surface area contributed by atoms with Gasteiger partial charge in [0.25, 0.3) is 0 Å². The molecule has 0 bridgehead atoms. The summed E-state index contributed by atoms with van der Waals surface area (Å²) in [4.78, 5) is 17.3. The maximum absolute atomic E-state index is 12.4. The summed E-state index contributed by atoms with van der Waals surface area (Å²) in [5.74, 6) is -0.568. The molecule has 1 heterocycles. The monoisotopic (exact) mass is 419 g/mol. The van der Waals surface area contributed by atoms with E-state index in [2.05, 4.69) is 26.8 Å². The van der Waals surface area contributed by atoms with Crippen molar-refractivity contribution in [2.75, 3.05) is 0 Å². The number of carboxylic acids is 1. The second-order valence-corrected chi connectivity index (χ2v) is 9.18. The third-order valence-electron chi connectivity index (χ3n) is 6.68. The van der Waals surface area contributed by atoms with Gasteiger partial charge in [-0.1, -0.05) is 75.2 Å². The van der Waals surface area contributed by atoms with Crippen LogP contribution in [0.1, 0.15) is 60.8 Å². The zero-order valence-corrected chi connectivity index (χ0v) is 18.3. The number of hydrogen-bond donors (Lipinski definition) is 1. The molecule has 4 rings (SSSR count). The second kappa shape index (κ2) is 7.88. The molecule has 4 heteroatoms. The lowest BCUT2D eigenvalue weighted by Crippen LogP contribution is -2.30. The lowest BCUT2D eigenvalue weighted by Gasteiger charge is -2.38. The van der Waals surface area contributed by atoms with Gasteiger partial charge < -0.3 is 5.11 Å². The molecule has 2 aromatic carbocycles. The molecule has 1 N–H and O–H groups in total. The molecule has 0 fully saturated rings. The SMILES string of the molecule is CCC(C)(C)C1C/C(=C\c2ccccc2Cl)c2nc3ccccc3c(C(=O)O)c2C1. The van der Waals surface area contributed by atoms with E-state index in [-0.39, 0.29) is 5.41 Å². The van der Waals surface area contributed by atoms with E-state index in [0.717, 1.165) is 41.7 Å². The number of allylic oxidation sites excluding steroid dienone is 1. The fourth-order valence-electron chi connectivity index (χ4n) is 4.39. The Balaban J connectivity index is 2.01. The van der Waals surface area contributed by atoms with Gasteiger partial charge in [-0.25, -0.2) is 9.78 Å². The molecule has 30 heavy (non-hydrogen) atoms. The van der Waals surface area contributed by atoms with Crippen molar-refractivity contribution in [2.24, 2.45) is 11.3 Å². The van der Waals surface area contributed by atoms with E-state index >= 15 is 0 Å². The fraction of sp³-hybridized carbons (Fsp3) is 0.308. The van der Waals surface area contributed by atoms with Crippen molar-refractivity contribution in [3.05, 3.63) is 75.9 Å². The van der Waals surface area contributed by atoms with Crippen LogP contribution in [0.3, 0.4) is 0 Å². The average molecular weight is 420 g/mol. The zero-order valence-electron chi connectivity index (χ0n) is 17.6. The highest BCUT2D eigenvalue weighted by Crippen LogP contribution is 2.46. The first-order valence-corrected chi connectivity index (χ1v) is 10.8. The molecule has 0 amide bonds. The summed E-state index contributed by atoms with van der Waals surface area (Å²) in [6, 6.07) is 15.3. The van der Waals surface area contributed by atoms with E-state index in [9.17, 15) is 9.90 Å². The lowest BCUT2D eigenvalue weighted by atomic mass is 9.67. The Labute approximate surface area is 182 Å². The molecule has 1 aliphatic carbocycles. The van der Waals surface area contributed by atoms with Gasteiger partial charge in [-0.3, -0.25) is 0 Å². The van der Waals surface area contributed by atoms with Crippen molar-refractivity contribution in [3.63, 3.8) is 0 Å². The normalized spacial score (nSPS) is 17.9. The van der Waals surface area contributed by atoms with Gasteiger partial charge in [-0.2, -0.15) is 0 Å². The van der Waals surface area contributed by atoms with E-state index in [1.165, 1.54) is 0 Å². The molecule has 0 aliphatic heterocycles. The molecule has 0 saturated carbocycles. The van der Waals surface area contributed by atoms with Crippen molar-refractivity contribution in [2.45, 2.75) is 40.0 Å². The molecule has 1 atom stereocenters. The quantitative estimate of drug-likeness (QED) is 0.489. The first kappa shape index (κ1) is 20.6. The smallest absolute Gasteiger partial charge is 0.336 e. The van der Waals surface area contributed by atoms with Gasteiger partial charge in [0.2, 0.25) is 0 Å². The number of aromatic carboxylic acids is 1. The molecule has 1 aromatic heterocycles. The van der Waals surface area contributed by atoms with E-state index in [1.54, 1.807) is 0 Å². The largest absolute Gasteiger partial charge is 0.478 e. The number of carbonyl (C=O) groups is 1. The molecule has 0 spiro atoms. The number of halogens is 1. The molecule has 1 unspecified atom stereocenters. The highest BCUT2D eigenvalue weighted by Gasteiger charge is 2.36. The summed E-state index contributed by atoms with van der Waals surface area (Å²) in [5.41, 5.74) is 4.82. The molecular weight excluding hydrogens is 394 g/mol. The maximum atomic E-state index is 12.4. The number of rotatable bonds is 4. The number of pyridine rings is 1. The number of hydrogen-bond acceptors (Lipinski definition) is 2. The van der Waals surface area contributed by atoms with Crippen molar-refractivity contribution < 1.29 is 9.90 Å². The summed E-state index contributed by atoms with van der Waals surface area (Å²) < 4.78 is 0. The van der Waals surface area contributed by atoms with Crippen LogP contribution in [0, 0.1) is 11.3 Å². The van der Waals surface area contributed by atoms with Gasteiger partial charge in [0.05, 0.1) is 16.8 Å². The maximum Gasteiger partial charge on any atom is 0.336 e. The van der Waals surface area contributed by atoms with Crippen LogP contribution in [-0.2, 0) is 6.42 Å². The van der Waals surface area contributed by atoms with Crippen LogP contribution in [0.15, 0.2) is 48.5 Å². The topological polar surface area (TPSA) is 50.2 Å². The van der Waals surface area contributed by atoms with E-state index in [4.69, 9.17) is 16.6 Å². The minimum atomic E-state index is -0.892. The number of aromatic nitrogens is 1. The number of fused-ring (bicyclic) bond motifs is 2. The summed E-state index contributed by atoms with van der Waals surface area (Å²) in [5, 5.41) is 11.5. The van der Waals surface area contributed by atoms with Crippen molar-refractivity contribution in [3.8, 4) is 0 Å². The molecular formula is C26H26ClNO2. The van der Waals surface area contributed by atoms with Gasteiger partial charge in [0.15, 0.2) is 0 Å². The zero-order chi connectivity index (χ0) is 21.5. The van der Waals surface area contributed by atoms with E-state index in [0.29, 0.717) is 27.4 Å². The standard InChI is InChI=1S/C26H26ClNO2/c1-4-26(2,3)18-14-17(13-16-9-5-7-11-21(16)27)24-20(15-18)23(25(29)30)19-10-6-8-12-22(19)28-24/h5-13,18H,4,14-15H2,1-3H3,(H,29,30)/b17-13+. The first-order valence-electron chi connectivity index (χ1n) is 10.4. The Hall–Kier alpha value is -2.65. The van der Waals surface area contributed by atoms with Gasteiger partial charge in [-0.15, -0.1) is 0 Å². The second-order valence-electron chi connectivity index (χ2n) is 8.77. The number of para-hydroxylation sites is 1. The number of nitrogens with zero attached hydrogens (tertiary/aromatic N) is 1. The predicted octanol–water partition coefficient (Wildman–Crippen LogP) is 7.13. The molecule has 154 valence electrons. The minimum absolute atomic E-state index is 0.0820. The minimum Gasteiger partial charge on any atom is -0.478 e. The van der Waals surface area contributed by atoms with E-state index < -0.39 is 5.97 Å². The molecule has 3 nitrogen and oxygen atoms in total. The summed E-state index contributed by atoms with van der Waals surface area (Å²) in [7, 11) is 0. The van der Waals surface area contributed by atoms with Crippen molar-refractivity contribution in [1.82, 2.24) is 4.98 Å². The van der Waals surface area contributed by atoms with Crippen LogP contribution in [0.25, 0.3) is 22.6 Å². The highest BCUT2D eigenvalue weighted by atomic mass is 35.5. The Morgan fingerprint density at radius 2 is 1.87 bits per heavy atom. The molecule has 3 aromatic rings. The summed E-state index contributed by atoms with van der Waals surface area (Å²) in [6.45, 7) is 6.74. The Morgan fingerprint density at radius 1 is 1.17 bits per heavy atom. The summed E-state index contributed by atoms with van der Waals surface area (Å²) in [6.07, 6.45) is 4.68. The molecule has 1 aliphatic rings. The van der Waals surface area contributed by atoms with Crippen LogP contribution in [0.2, 0.25) is 5.02 Å². The van der Waals surface area contributed by atoms with E-state index in [1.807, 2.05) is 48.5 Å². The van der Waals surface area contributed by atoms with Crippen molar-refractivity contribution >= 4 is 40.1 Å². The number of carboxylic acid groups (broad SMARTS) is 1. The Bertz CT molecular complexity index is 1160. The van der Waals surface area contributed by atoms with Crippen LogP contribution in [0.5, 0.6) is 0 Å². The Kier molecular flexibility index (Phi) is 5.42. The molecule has 0 saturated heterocycles. The third kappa shape index (κ3) is 3.63. The van der Waals surface area contributed by atoms with Crippen LogP contribution in [-0.4, -0.2) is 16.1 Å². The fourth-order valence-corrected chi connectivity index (χ4v) is 4.58. The average Bonchev–Trinajstić information content (AvgIpc) is 2.73. The molecule has 0 radical (unpaired) electrons. The number of benzene rings is 2. The highest BCUT2D eigenvalue weighted by molar-refractivity contribution is 6.32. The lowest BCUT2D eigenvalue weighted by molar-refractivity contribution is 0.0696.